The van der Waals surface area contributed by atoms with Gasteiger partial charge in [0.05, 0.1) is 11.7 Å². The largest absolute Gasteiger partial charge is 0.298 e. The second-order valence-electron chi connectivity index (χ2n) is 6.28. The Bertz CT molecular complexity index is 991. The maximum absolute atomic E-state index is 13.2. The number of hydrogen-bond acceptors (Lipinski definition) is 7. The highest BCUT2D eigenvalue weighted by Crippen LogP contribution is 2.25. The third kappa shape index (κ3) is 3.48. The number of nitrogens with zero attached hydrogens (tertiary/aromatic N) is 5. The molecule has 1 fully saturated rings. The Labute approximate surface area is 156 Å². The van der Waals surface area contributed by atoms with Crippen LogP contribution < -0.4 is 0 Å². The molecule has 0 saturated carbocycles. The smallest absolute Gasteiger partial charge is 0.245 e. The third-order valence-electron chi connectivity index (χ3n) is 4.54. The highest BCUT2D eigenvalue weighted by atomic mass is 32.2. The molecule has 2 aromatic heterocycles. The maximum Gasteiger partial charge on any atom is 0.245 e. The molecule has 3 heterocycles. The average molecular weight is 390 g/mol. The summed E-state index contributed by atoms with van der Waals surface area (Å²) in [6.45, 7) is 3.33. The Morgan fingerprint density at radius 1 is 1.04 bits per heavy atom. The fourth-order valence-corrected chi connectivity index (χ4v) is 5.45. The number of fused-ring (bicyclic) bond motifs is 1. The van der Waals surface area contributed by atoms with Gasteiger partial charge in [-0.25, -0.2) is 8.42 Å². The van der Waals surface area contributed by atoms with Crippen molar-refractivity contribution < 1.29 is 8.42 Å². The van der Waals surface area contributed by atoms with Gasteiger partial charge < -0.3 is 0 Å². The number of benzene rings is 1. The van der Waals surface area contributed by atoms with Crippen LogP contribution >= 0.6 is 11.7 Å². The summed E-state index contributed by atoms with van der Waals surface area (Å²) in [5.74, 6) is 0. The first-order valence-electron chi connectivity index (χ1n) is 8.47. The monoisotopic (exact) mass is 389 g/mol. The molecular weight excluding hydrogens is 370 g/mol. The SMILES string of the molecule is O=S(=O)(c1cccc2nsnc12)N1CCCN(Cc2cccnc2)CC1. The van der Waals surface area contributed by atoms with E-state index in [2.05, 4.69) is 18.6 Å². The van der Waals surface area contributed by atoms with E-state index in [-0.39, 0.29) is 4.90 Å². The number of pyridine rings is 1. The molecule has 0 bridgehead atoms. The maximum atomic E-state index is 13.2. The minimum Gasteiger partial charge on any atom is -0.298 e. The first kappa shape index (κ1) is 17.5. The van der Waals surface area contributed by atoms with Crippen LogP contribution in [0.1, 0.15) is 12.0 Å². The minimum absolute atomic E-state index is 0.254. The lowest BCUT2D eigenvalue weighted by Crippen LogP contribution is -2.35. The van der Waals surface area contributed by atoms with E-state index < -0.39 is 10.0 Å². The van der Waals surface area contributed by atoms with Gasteiger partial charge in [0, 0.05) is 38.6 Å². The summed E-state index contributed by atoms with van der Waals surface area (Å²) in [5.41, 5.74) is 2.24. The fraction of sp³-hybridized carbons (Fsp3) is 0.353. The standard InChI is InChI=1S/C17H19N5O2S2/c23-26(24,16-6-1-5-15-17(16)20-25-19-15)22-9-3-8-21(10-11-22)13-14-4-2-7-18-12-14/h1-2,4-7,12H,3,8-11,13H2. The Morgan fingerprint density at radius 2 is 1.96 bits per heavy atom. The predicted molar refractivity (Wildman–Crippen MR) is 100 cm³/mol. The van der Waals surface area contributed by atoms with Crippen LogP contribution in [0.3, 0.4) is 0 Å². The molecule has 9 heteroatoms. The van der Waals surface area contributed by atoms with Gasteiger partial charge in [0.2, 0.25) is 10.0 Å². The van der Waals surface area contributed by atoms with Crippen LogP contribution in [0, 0.1) is 0 Å². The van der Waals surface area contributed by atoms with E-state index in [9.17, 15) is 8.42 Å². The predicted octanol–water partition coefficient (Wildman–Crippen LogP) is 1.98. The molecule has 3 aromatic rings. The molecule has 1 aliphatic rings. The highest BCUT2D eigenvalue weighted by Gasteiger charge is 2.29. The van der Waals surface area contributed by atoms with Crippen molar-refractivity contribution >= 4 is 32.8 Å². The molecule has 0 spiro atoms. The van der Waals surface area contributed by atoms with Gasteiger partial charge in [-0.05, 0) is 36.7 Å². The zero-order valence-corrected chi connectivity index (χ0v) is 15.8. The molecule has 1 aliphatic heterocycles. The Kier molecular flexibility index (Phi) is 4.94. The van der Waals surface area contributed by atoms with Crippen LogP contribution in [0.2, 0.25) is 0 Å². The molecule has 26 heavy (non-hydrogen) atoms. The Balaban J connectivity index is 1.52. The Morgan fingerprint density at radius 3 is 2.81 bits per heavy atom. The van der Waals surface area contributed by atoms with Crippen molar-refractivity contribution in [3.63, 3.8) is 0 Å². The molecular formula is C17H19N5O2S2. The zero-order chi connectivity index (χ0) is 18.0. The lowest BCUT2D eigenvalue weighted by molar-refractivity contribution is 0.278. The van der Waals surface area contributed by atoms with Crippen LogP contribution in [-0.4, -0.2) is 57.5 Å². The molecule has 0 aliphatic carbocycles. The summed E-state index contributed by atoms with van der Waals surface area (Å²) in [4.78, 5) is 6.68. The summed E-state index contributed by atoms with van der Waals surface area (Å²) in [5, 5.41) is 0. The van der Waals surface area contributed by atoms with E-state index in [1.165, 1.54) is 0 Å². The van der Waals surface area contributed by atoms with Crippen molar-refractivity contribution in [1.29, 1.82) is 0 Å². The highest BCUT2D eigenvalue weighted by molar-refractivity contribution is 7.89. The minimum atomic E-state index is -3.58. The number of hydrogen-bond donors (Lipinski definition) is 0. The fourth-order valence-electron chi connectivity index (χ4n) is 3.22. The molecule has 0 radical (unpaired) electrons. The Hall–Kier alpha value is -1.94. The first-order chi connectivity index (χ1) is 12.6. The molecule has 7 nitrogen and oxygen atoms in total. The van der Waals surface area contributed by atoms with Gasteiger partial charge in [-0.3, -0.25) is 9.88 Å². The lowest BCUT2D eigenvalue weighted by Gasteiger charge is -2.21. The van der Waals surface area contributed by atoms with Crippen molar-refractivity contribution in [3.8, 4) is 0 Å². The summed E-state index contributed by atoms with van der Waals surface area (Å²) >= 11 is 1.04. The summed E-state index contributed by atoms with van der Waals surface area (Å²) in [6, 6.07) is 9.10. The number of sulfonamides is 1. The van der Waals surface area contributed by atoms with Crippen LogP contribution in [0.5, 0.6) is 0 Å². The molecule has 136 valence electrons. The molecule has 1 aromatic carbocycles. The molecule has 4 rings (SSSR count). The van der Waals surface area contributed by atoms with Crippen molar-refractivity contribution in [2.24, 2.45) is 0 Å². The summed E-state index contributed by atoms with van der Waals surface area (Å²) in [7, 11) is -3.58. The zero-order valence-electron chi connectivity index (χ0n) is 14.2. The van der Waals surface area contributed by atoms with Gasteiger partial charge in [0.1, 0.15) is 15.9 Å². The van der Waals surface area contributed by atoms with Crippen molar-refractivity contribution in [1.82, 2.24) is 22.9 Å². The van der Waals surface area contributed by atoms with Crippen molar-refractivity contribution in [2.45, 2.75) is 17.9 Å². The average Bonchev–Trinajstić information content (AvgIpc) is 3.01. The van der Waals surface area contributed by atoms with E-state index in [1.807, 2.05) is 18.3 Å². The molecule has 1 saturated heterocycles. The van der Waals surface area contributed by atoms with Gasteiger partial charge in [-0.2, -0.15) is 13.1 Å². The van der Waals surface area contributed by atoms with Gasteiger partial charge >= 0.3 is 0 Å². The molecule has 0 amide bonds. The normalized spacial score (nSPS) is 17.4. The van der Waals surface area contributed by atoms with Crippen LogP contribution in [0.25, 0.3) is 11.0 Å². The van der Waals surface area contributed by atoms with Crippen LogP contribution in [0.15, 0.2) is 47.6 Å². The molecule has 0 unspecified atom stereocenters. The van der Waals surface area contributed by atoms with Gasteiger partial charge in [0.15, 0.2) is 0 Å². The van der Waals surface area contributed by atoms with Crippen LogP contribution in [-0.2, 0) is 16.6 Å². The lowest BCUT2D eigenvalue weighted by atomic mass is 10.2. The van der Waals surface area contributed by atoms with Gasteiger partial charge in [-0.15, -0.1) is 0 Å². The van der Waals surface area contributed by atoms with E-state index in [1.54, 1.807) is 28.7 Å². The molecule has 0 atom stereocenters. The molecule has 0 N–H and O–H groups in total. The van der Waals surface area contributed by atoms with E-state index >= 15 is 0 Å². The van der Waals surface area contributed by atoms with E-state index in [0.717, 1.165) is 36.8 Å². The van der Waals surface area contributed by atoms with Crippen LogP contribution in [0.4, 0.5) is 0 Å². The van der Waals surface area contributed by atoms with Gasteiger partial charge in [-0.1, -0.05) is 12.1 Å². The summed E-state index contributed by atoms with van der Waals surface area (Å²) < 4.78 is 36.2. The second-order valence-corrected chi connectivity index (χ2v) is 8.72. The summed E-state index contributed by atoms with van der Waals surface area (Å²) in [6.07, 6.45) is 4.41. The third-order valence-corrected chi connectivity index (χ3v) is 7.02. The van der Waals surface area contributed by atoms with E-state index in [0.29, 0.717) is 30.7 Å². The number of rotatable bonds is 4. The topological polar surface area (TPSA) is 79.3 Å². The quantitative estimate of drug-likeness (QED) is 0.679. The van der Waals surface area contributed by atoms with Crippen molar-refractivity contribution in [2.75, 3.05) is 26.2 Å². The van der Waals surface area contributed by atoms with Crippen molar-refractivity contribution in [3.05, 3.63) is 48.3 Å². The van der Waals surface area contributed by atoms with E-state index in [4.69, 9.17) is 0 Å². The number of aromatic nitrogens is 3. The first-order valence-corrected chi connectivity index (χ1v) is 10.6. The van der Waals surface area contributed by atoms with Gasteiger partial charge in [0.25, 0.3) is 0 Å². The second kappa shape index (κ2) is 7.36.